The smallest absolute Gasteiger partial charge is 0.254 e. The highest BCUT2D eigenvalue weighted by Crippen LogP contribution is 2.45. The van der Waals surface area contributed by atoms with Gasteiger partial charge in [-0.2, -0.15) is 10.5 Å². The van der Waals surface area contributed by atoms with E-state index >= 15 is 0 Å². The summed E-state index contributed by atoms with van der Waals surface area (Å²) in [6, 6.07) is 17.6. The maximum absolute atomic E-state index is 13.8. The van der Waals surface area contributed by atoms with E-state index in [1.807, 2.05) is 6.92 Å². The van der Waals surface area contributed by atoms with Crippen LogP contribution in [0.1, 0.15) is 63.0 Å². The molecule has 2 atom stereocenters. The zero-order chi connectivity index (χ0) is 24.2. The number of rotatable bonds is 6. The van der Waals surface area contributed by atoms with Crippen molar-refractivity contribution in [1.82, 2.24) is 4.90 Å². The molecule has 0 unspecified atom stereocenters. The van der Waals surface area contributed by atoms with Gasteiger partial charge in [-0.15, -0.1) is 11.3 Å². The average molecular weight is 473 g/mol. The number of unbranched alkanes of at least 4 members (excludes halogenated alkanes) is 1. The van der Waals surface area contributed by atoms with Crippen molar-refractivity contribution in [2.75, 3.05) is 11.9 Å². The van der Waals surface area contributed by atoms with Crippen molar-refractivity contribution in [3.05, 3.63) is 86.9 Å². The number of nitrogens with one attached hydrogen (secondary N) is 1. The molecule has 0 bridgehead atoms. The van der Waals surface area contributed by atoms with Gasteiger partial charge in [0.25, 0.3) is 5.91 Å². The number of nitrogens with zero attached hydrogens (tertiary/aromatic N) is 3. The number of hydrogen-bond donors (Lipinski definition) is 1. The molecule has 4 rings (SSSR count). The summed E-state index contributed by atoms with van der Waals surface area (Å²) in [6.07, 6.45) is 1.63. The van der Waals surface area contributed by atoms with Crippen LogP contribution in [0.3, 0.4) is 0 Å². The number of halogens is 1. The first kappa shape index (κ1) is 23.2. The number of thiophene rings is 1. The van der Waals surface area contributed by atoms with Crippen LogP contribution in [0.4, 0.5) is 10.1 Å². The quantitative estimate of drug-likeness (QED) is 0.523. The Balaban J connectivity index is 1.82. The molecule has 6 nitrogen and oxygen atoms in total. The summed E-state index contributed by atoms with van der Waals surface area (Å²) < 4.78 is 13.8. The second-order valence-corrected chi connectivity index (χ2v) is 9.09. The Kier molecular flexibility index (Phi) is 6.72. The maximum atomic E-state index is 13.8. The van der Waals surface area contributed by atoms with Crippen LogP contribution in [0.2, 0.25) is 0 Å². The van der Waals surface area contributed by atoms with E-state index in [-0.39, 0.29) is 17.4 Å². The number of hydrogen-bond acceptors (Lipinski definition) is 5. The molecular formula is C26H21FN4O2S. The molecule has 2 amide bonds. The molecule has 0 aliphatic carbocycles. The third-order valence-corrected chi connectivity index (χ3v) is 6.92. The van der Waals surface area contributed by atoms with Crippen molar-refractivity contribution < 1.29 is 14.0 Å². The second-order valence-electron chi connectivity index (χ2n) is 7.97. The van der Waals surface area contributed by atoms with Crippen LogP contribution in [0.5, 0.6) is 0 Å². The van der Waals surface area contributed by atoms with E-state index in [0.717, 1.165) is 23.8 Å². The van der Waals surface area contributed by atoms with Gasteiger partial charge in [-0.05, 0) is 48.4 Å². The molecule has 34 heavy (non-hydrogen) atoms. The fraction of sp³-hybridized carbons (Fsp3) is 0.231. The lowest BCUT2D eigenvalue weighted by molar-refractivity contribution is -0.119. The molecule has 3 aromatic rings. The molecule has 0 saturated heterocycles. The Hall–Kier alpha value is -4.01. The Morgan fingerprint density at radius 3 is 2.65 bits per heavy atom. The predicted molar refractivity (Wildman–Crippen MR) is 127 cm³/mol. The first-order valence-electron chi connectivity index (χ1n) is 10.9. The van der Waals surface area contributed by atoms with Gasteiger partial charge < -0.3 is 10.2 Å². The molecule has 1 aromatic heterocycles. The molecule has 1 aliphatic heterocycles. The van der Waals surface area contributed by atoms with Crippen LogP contribution in [0.25, 0.3) is 0 Å². The lowest BCUT2D eigenvalue weighted by Crippen LogP contribution is -2.46. The Morgan fingerprint density at radius 2 is 1.94 bits per heavy atom. The fourth-order valence-electron chi connectivity index (χ4n) is 4.25. The minimum Gasteiger partial charge on any atom is -0.330 e. The minimum absolute atomic E-state index is 0.154. The van der Waals surface area contributed by atoms with E-state index in [1.165, 1.54) is 23.5 Å². The lowest BCUT2D eigenvalue weighted by atomic mass is 9.81. The van der Waals surface area contributed by atoms with Gasteiger partial charge in [-0.3, -0.25) is 9.59 Å². The van der Waals surface area contributed by atoms with E-state index in [0.29, 0.717) is 28.2 Å². The predicted octanol–water partition coefficient (Wildman–Crippen LogP) is 5.35. The van der Waals surface area contributed by atoms with Gasteiger partial charge in [0, 0.05) is 22.7 Å². The van der Waals surface area contributed by atoms with Crippen molar-refractivity contribution >= 4 is 28.8 Å². The molecule has 1 aliphatic rings. The lowest BCUT2D eigenvalue weighted by Gasteiger charge is -2.41. The van der Waals surface area contributed by atoms with Crippen LogP contribution in [-0.4, -0.2) is 23.3 Å². The molecule has 0 fully saturated rings. The van der Waals surface area contributed by atoms with Crippen molar-refractivity contribution in [1.29, 1.82) is 10.5 Å². The first-order valence-corrected chi connectivity index (χ1v) is 11.7. The molecule has 0 saturated carbocycles. The number of benzene rings is 2. The van der Waals surface area contributed by atoms with E-state index in [4.69, 9.17) is 5.26 Å². The van der Waals surface area contributed by atoms with Crippen LogP contribution < -0.4 is 5.32 Å². The summed E-state index contributed by atoms with van der Waals surface area (Å²) in [5, 5.41) is 21.3. The summed E-state index contributed by atoms with van der Waals surface area (Å²) in [7, 11) is 0. The third-order valence-electron chi connectivity index (χ3n) is 5.86. The van der Waals surface area contributed by atoms with Crippen molar-refractivity contribution in [2.45, 2.75) is 31.7 Å². The Labute approximate surface area is 200 Å². The minimum atomic E-state index is -0.758. The molecule has 2 aromatic carbocycles. The monoisotopic (exact) mass is 472 g/mol. The highest BCUT2D eigenvalue weighted by Gasteiger charge is 2.44. The van der Waals surface area contributed by atoms with E-state index in [2.05, 4.69) is 11.4 Å². The number of carbonyl (C=O) groups is 2. The third kappa shape index (κ3) is 4.28. The van der Waals surface area contributed by atoms with Gasteiger partial charge in [0.05, 0.1) is 17.5 Å². The zero-order valence-electron chi connectivity index (χ0n) is 18.4. The standard InChI is InChI=1S/C26H21FN4O2S/c1-2-3-12-31-24(22-11-9-18(15-29)34-22)23(19-6-4-5-7-20(19)26(31)33)25(32)30-17-8-10-21(27)16(13-17)14-28/h4-11,13,23-24H,2-3,12H2,1H3,(H,30,32)/t23-,24+/m1/s1. The SMILES string of the molecule is CCCCN1C(=O)c2ccccc2[C@@H](C(=O)Nc2ccc(F)c(C#N)c2)[C@@H]1c1ccc(C#N)s1. The van der Waals surface area contributed by atoms with Crippen LogP contribution in [-0.2, 0) is 4.79 Å². The van der Waals surface area contributed by atoms with Gasteiger partial charge >= 0.3 is 0 Å². The van der Waals surface area contributed by atoms with Gasteiger partial charge in [0.1, 0.15) is 22.8 Å². The topological polar surface area (TPSA) is 97.0 Å². The van der Waals surface area contributed by atoms with Crippen LogP contribution in [0, 0.1) is 28.5 Å². The van der Waals surface area contributed by atoms with Gasteiger partial charge in [0.2, 0.25) is 5.91 Å². The highest BCUT2D eigenvalue weighted by molar-refractivity contribution is 7.12. The molecule has 8 heteroatoms. The van der Waals surface area contributed by atoms with Crippen LogP contribution >= 0.6 is 11.3 Å². The average Bonchev–Trinajstić information content (AvgIpc) is 3.33. The van der Waals surface area contributed by atoms with Gasteiger partial charge in [-0.1, -0.05) is 31.5 Å². The van der Waals surface area contributed by atoms with E-state index in [1.54, 1.807) is 47.4 Å². The van der Waals surface area contributed by atoms with Gasteiger partial charge in [0.15, 0.2) is 0 Å². The summed E-state index contributed by atoms with van der Waals surface area (Å²) >= 11 is 1.26. The maximum Gasteiger partial charge on any atom is 0.254 e. The normalized spacial score (nSPS) is 16.9. The van der Waals surface area contributed by atoms with Crippen LogP contribution in [0.15, 0.2) is 54.6 Å². The summed E-state index contributed by atoms with van der Waals surface area (Å²) in [5.41, 5.74) is 1.18. The highest BCUT2D eigenvalue weighted by atomic mass is 32.1. The molecule has 1 N–H and O–H groups in total. The van der Waals surface area contributed by atoms with Crippen molar-refractivity contribution in [2.24, 2.45) is 0 Å². The Bertz CT molecular complexity index is 1340. The first-order chi connectivity index (χ1) is 16.5. The molecule has 2 heterocycles. The Morgan fingerprint density at radius 1 is 1.15 bits per heavy atom. The molecular weight excluding hydrogens is 451 g/mol. The molecule has 170 valence electrons. The summed E-state index contributed by atoms with van der Waals surface area (Å²) in [6.45, 7) is 2.49. The molecule has 0 radical (unpaired) electrons. The summed E-state index contributed by atoms with van der Waals surface area (Å²) in [5.74, 6) is -1.96. The van der Waals surface area contributed by atoms with Crippen molar-refractivity contribution in [3.63, 3.8) is 0 Å². The second kappa shape index (κ2) is 9.86. The number of carbonyl (C=O) groups excluding carboxylic acids is 2. The van der Waals surface area contributed by atoms with E-state index in [9.17, 15) is 19.2 Å². The van der Waals surface area contributed by atoms with Gasteiger partial charge in [-0.25, -0.2) is 4.39 Å². The zero-order valence-corrected chi connectivity index (χ0v) is 19.2. The van der Waals surface area contributed by atoms with E-state index < -0.39 is 17.8 Å². The van der Waals surface area contributed by atoms with Crippen molar-refractivity contribution in [3.8, 4) is 12.1 Å². The number of nitriles is 2. The number of anilines is 1. The number of fused-ring (bicyclic) bond motifs is 1. The molecule has 0 spiro atoms. The summed E-state index contributed by atoms with van der Waals surface area (Å²) in [4.78, 5) is 30.2. The largest absolute Gasteiger partial charge is 0.330 e. The number of amides is 2. The fourth-order valence-corrected chi connectivity index (χ4v) is 5.20.